The molecule has 2 N–H and O–H groups in total. The maximum Gasteiger partial charge on any atom is 0.138 e. The molecular formula is C12H11ClN2O. The summed E-state index contributed by atoms with van der Waals surface area (Å²) in [6.45, 7) is 0.356. The van der Waals surface area contributed by atoms with Crippen LogP contribution in [0.3, 0.4) is 0 Å². The van der Waals surface area contributed by atoms with Gasteiger partial charge in [0.15, 0.2) is 0 Å². The molecule has 0 atom stereocenters. The van der Waals surface area contributed by atoms with Gasteiger partial charge in [-0.1, -0.05) is 29.8 Å². The molecule has 0 aliphatic heterocycles. The molecule has 1 heterocycles. The van der Waals surface area contributed by atoms with Crippen molar-refractivity contribution in [3.05, 3.63) is 53.2 Å². The lowest BCUT2D eigenvalue weighted by Crippen LogP contribution is -2.00. The van der Waals surface area contributed by atoms with E-state index in [1.54, 1.807) is 12.1 Å². The summed E-state index contributed by atoms with van der Waals surface area (Å²) in [5.41, 5.74) is 6.34. The molecule has 82 valence electrons. The number of pyridine rings is 1. The molecule has 0 saturated carbocycles. The van der Waals surface area contributed by atoms with E-state index in [4.69, 9.17) is 22.1 Å². The third-order valence-electron chi connectivity index (χ3n) is 2.04. The average molecular weight is 235 g/mol. The first-order chi connectivity index (χ1) is 7.75. The number of para-hydroxylation sites is 1. The largest absolute Gasteiger partial charge is 0.486 e. The van der Waals surface area contributed by atoms with Crippen molar-refractivity contribution in [1.82, 2.24) is 4.98 Å². The van der Waals surface area contributed by atoms with Crippen molar-refractivity contribution in [3.63, 3.8) is 0 Å². The first-order valence-corrected chi connectivity index (χ1v) is 5.22. The predicted molar refractivity (Wildman–Crippen MR) is 64.4 cm³/mol. The second kappa shape index (κ2) is 4.86. The van der Waals surface area contributed by atoms with Crippen LogP contribution in [0.2, 0.25) is 5.02 Å². The minimum absolute atomic E-state index is 0.356. The van der Waals surface area contributed by atoms with Crippen LogP contribution in [0.4, 0.5) is 5.82 Å². The van der Waals surface area contributed by atoms with Gasteiger partial charge in [0.25, 0.3) is 0 Å². The zero-order valence-corrected chi connectivity index (χ0v) is 9.32. The SMILES string of the molecule is Nc1cccc(COc2ccccc2Cl)n1. The van der Waals surface area contributed by atoms with E-state index in [0.29, 0.717) is 23.2 Å². The Morgan fingerprint density at radius 3 is 2.69 bits per heavy atom. The van der Waals surface area contributed by atoms with Crippen LogP contribution in [0, 0.1) is 0 Å². The molecular weight excluding hydrogens is 224 g/mol. The number of ether oxygens (including phenoxy) is 1. The Kier molecular flexibility index (Phi) is 3.27. The summed E-state index contributed by atoms with van der Waals surface area (Å²) in [7, 11) is 0. The first-order valence-electron chi connectivity index (χ1n) is 4.84. The van der Waals surface area contributed by atoms with Gasteiger partial charge in [-0.25, -0.2) is 4.98 Å². The molecule has 1 aromatic heterocycles. The lowest BCUT2D eigenvalue weighted by Gasteiger charge is -2.07. The number of benzene rings is 1. The lowest BCUT2D eigenvalue weighted by molar-refractivity contribution is 0.302. The maximum absolute atomic E-state index is 5.95. The van der Waals surface area contributed by atoms with E-state index in [-0.39, 0.29) is 0 Å². The van der Waals surface area contributed by atoms with E-state index in [2.05, 4.69) is 4.98 Å². The van der Waals surface area contributed by atoms with Gasteiger partial charge in [-0.3, -0.25) is 0 Å². The van der Waals surface area contributed by atoms with Gasteiger partial charge < -0.3 is 10.5 Å². The minimum atomic E-state index is 0.356. The van der Waals surface area contributed by atoms with Gasteiger partial charge in [0.2, 0.25) is 0 Å². The molecule has 0 fully saturated rings. The molecule has 4 heteroatoms. The van der Waals surface area contributed by atoms with Gasteiger partial charge in [-0.05, 0) is 24.3 Å². The molecule has 2 rings (SSSR count). The van der Waals surface area contributed by atoms with Crippen molar-refractivity contribution in [2.45, 2.75) is 6.61 Å². The molecule has 2 aromatic rings. The van der Waals surface area contributed by atoms with Crippen LogP contribution in [0.5, 0.6) is 5.75 Å². The van der Waals surface area contributed by atoms with Crippen LogP contribution in [-0.2, 0) is 6.61 Å². The number of aromatic nitrogens is 1. The van der Waals surface area contributed by atoms with Crippen LogP contribution in [-0.4, -0.2) is 4.98 Å². The third kappa shape index (κ3) is 2.64. The van der Waals surface area contributed by atoms with E-state index in [0.717, 1.165) is 5.69 Å². The monoisotopic (exact) mass is 234 g/mol. The molecule has 0 amide bonds. The highest BCUT2D eigenvalue weighted by Gasteiger charge is 2.01. The van der Waals surface area contributed by atoms with Crippen molar-refractivity contribution in [3.8, 4) is 5.75 Å². The van der Waals surface area contributed by atoms with Gasteiger partial charge in [0, 0.05) is 0 Å². The van der Waals surface area contributed by atoms with Gasteiger partial charge >= 0.3 is 0 Å². The number of hydrogen-bond acceptors (Lipinski definition) is 3. The zero-order chi connectivity index (χ0) is 11.4. The van der Waals surface area contributed by atoms with Crippen LogP contribution >= 0.6 is 11.6 Å². The molecule has 0 unspecified atom stereocenters. The van der Waals surface area contributed by atoms with Crippen LogP contribution in [0.15, 0.2) is 42.5 Å². The second-order valence-corrected chi connectivity index (χ2v) is 3.68. The number of rotatable bonds is 3. The highest BCUT2D eigenvalue weighted by atomic mass is 35.5. The Hall–Kier alpha value is -1.74. The first kappa shape index (κ1) is 10.8. The van der Waals surface area contributed by atoms with E-state index in [1.807, 2.05) is 30.3 Å². The molecule has 0 spiro atoms. The van der Waals surface area contributed by atoms with Gasteiger partial charge in [-0.15, -0.1) is 0 Å². The Balaban J connectivity index is 2.05. The highest BCUT2D eigenvalue weighted by molar-refractivity contribution is 6.32. The van der Waals surface area contributed by atoms with E-state index < -0.39 is 0 Å². The van der Waals surface area contributed by atoms with Crippen molar-refractivity contribution >= 4 is 17.4 Å². The number of nitrogen functional groups attached to an aromatic ring is 1. The summed E-state index contributed by atoms with van der Waals surface area (Å²) in [5, 5.41) is 0.589. The number of nitrogens with zero attached hydrogens (tertiary/aromatic N) is 1. The molecule has 1 aromatic carbocycles. The quantitative estimate of drug-likeness (QED) is 0.888. The van der Waals surface area contributed by atoms with E-state index in [9.17, 15) is 0 Å². The summed E-state index contributed by atoms with van der Waals surface area (Å²) < 4.78 is 5.53. The summed E-state index contributed by atoms with van der Waals surface area (Å²) in [5.74, 6) is 1.13. The van der Waals surface area contributed by atoms with Crippen LogP contribution in [0.25, 0.3) is 0 Å². The predicted octanol–water partition coefficient (Wildman–Crippen LogP) is 2.90. The second-order valence-electron chi connectivity index (χ2n) is 3.27. The fraction of sp³-hybridized carbons (Fsp3) is 0.0833. The van der Waals surface area contributed by atoms with E-state index >= 15 is 0 Å². The van der Waals surface area contributed by atoms with Crippen molar-refractivity contribution in [1.29, 1.82) is 0 Å². The molecule has 0 bridgehead atoms. The lowest BCUT2D eigenvalue weighted by atomic mass is 10.3. The molecule has 0 saturated heterocycles. The summed E-state index contributed by atoms with van der Waals surface area (Å²) >= 11 is 5.95. The fourth-order valence-corrected chi connectivity index (χ4v) is 1.48. The molecule has 0 aliphatic carbocycles. The maximum atomic E-state index is 5.95. The Bertz CT molecular complexity index is 488. The topological polar surface area (TPSA) is 48.1 Å². The Labute approximate surface area is 98.8 Å². The summed E-state index contributed by atoms with van der Waals surface area (Å²) in [6.07, 6.45) is 0. The zero-order valence-electron chi connectivity index (χ0n) is 8.56. The van der Waals surface area contributed by atoms with Crippen LogP contribution < -0.4 is 10.5 Å². The number of nitrogens with two attached hydrogens (primary N) is 1. The fourth-order valence-electron chi connectivity index (χ4n) is 1.29. The number of anilines is 1. The van der Waals surface area contributed by atoms with Crippen molar-refractivity contribution < 1.29 is 4.74 Å². The standard InChI is InChI=1S/C12H11ClN2O/c13-10-5-1-2-6-11(10)16-8-9-4-3-7-12(14)15-9/h1-7H,8H2,(H2,14,15). The number of hydrogen-bond donors (Lipinski definition) is 1. The van der Waals surface area contributed by atoms with Gasteiger partial charge in [0.1, 0.15) is 18.2 Å². The highest BCUT2D eigenvalue weighted by Crippen LogP contribution is 2.23. The Morgan fingerprint density at radius 1 is 1.12 bits per heavy atom. The smallest absolute Gasteiger partial charge is 0.138 e. The summed E-state index contributed by atoms with van der Waals surface area (Å²) in [6, 6.07) is 12.8. The minimum Gasteiger partial charge on any atom is -0.486 e. The molecule has 0 radical (unpaired) electrons. The Morgan fingerprint density at radius 2 is 1.94 bits per heavy atom. The molecule has 16 heavy (non-hydrogen) atoms. The van der Waals surface area contributed by atoms with E-state index in [1.165, 1.54) is 0 Å². The van der Waals surface area contributed by atoms with Gasteiger partial charge in [-0.2, -0.15) is 0 Å². The molecule has 3 nitrogen and oxygen atoms in total. The third-order valence-corrected chi connectivity index (χ3v) is 2.35. The number of halogens is 1. The van der Waals surface area contributed by atoms with Crippen molar-refractivity contribution in [2.75, 3.05) is 5.73 Å². The summed E-state index contributed by atoms with van der Waals surface area (Å²) in [4.78, 5) is 4.13. The van der Waals surface area contributed by atoms with Crippen LogP contribution in [0.1, 0.15) is 5.69 Å². The van der Waals surface area contributed by atoms with Crippen molar-refractivity contribution in [2.24, 2.45) is 0 Å². The van der Waals surface area contributed by atoms with Gasteiger partial charge in [0.05, 0.1) is 10.7 Å². The normalized spacial score (nSPS) is 10.1. The molecule has 0 aliphatic rings. The average Bonchev–Trinajstić information content (AvgIpc) is 2.28.